The Kier molecular flexibility index (Phi) is 5.39. The molecule has 2 heterocycles. The summed E-state index contributed by atoms with van der Waals surface area (Å²) in [6.45, 7) is 1.93. The van der Waals surface area contributed by atoms with E-state index in [4.69, 9.17) is 5.26 Å². The lowest BCUT2D eigenvalue weighted by atomic mass is 10.0. The van der Waals surface area contributed by atoms with Crippen LogP contribution < -0.4 is 4.90 Å². The number of hydrogen-bond donors (Lipinski definition) is 0. The van der Waals surface area contributed by atoms with E-state index in [1.165, 1.54) is 4.90 Å². The average Bonchev–Trinajstić information content (AvgIpc) is 3.04. The van der Waals surface area contributed by atoms with Gasteiger partial charge in [0.2, 0.25) is 0 Å². The van der Waals surface area contributed by atoms with Gasteiger partial charge in [0.05, 0.1) is 22.9 Å². The molecule has 0 saturated carbocycles. The summed E-state index contributed by atoms with van der Waals surface area (Å²) < 4.78 is 0. The second-order valence-electron chi connectivity index (χ2n) is 7.84. The van der Waals surface area contributed by atoms with E-state index in [0.717, 1.165) is 31.5 Å². The number of nitriles is 1. The van der Waals surface area contributed by atoms with Gasteiger partial charge in [-0.2, -0.15) is 5.26 Å². The van der Waals surface area contributed by atoms with Crippen molar-refractivity contribution >= 4 is 23.1 Å². The number of benzene rings is 2. The van der Waals surface area contributed by atoms with Gasteiger partial charge in [0, 0.05) is 13.1 Å². The number of carbonyl (C=O) groups is 2. The molecular weight excluding hydrogens is 376 g/mol. The lowest BCUT2D eigenvalue weighted by molar-refractivity contribution is -0.120. The van der Waals surface area contributed by atoms with E-state index in [-0.39, 0.29) is 17.9 Å². The Balaban J connectivity index is 1.76. The minimum Gasteiger partial charge on any atom is -0.366 e. The van der Waals surface area contributed by atoms with Crippen LogP contribution in [0.3, 0.4) is 0 Å². The lowest BCUT2D eigenvalue weighted by Gasteiger charge is -2.36. The molecule has 0 radical (unpaired) electrons. The number of nitrogens with zero attached hydrogens (tertiary/aromatic N) is 4. The van der Waals surface area contributed by atoms with Crippen LogP contribution in [0, 0.1) is 11.3 Å². The van der Waals surface area contributed by atoms with Crippen LogP contribution in [0.25, 0.3) is 5.57 Å². The van der Waals surface area contributed by atoms with E-state index in [9.17, 15) is 9.59 Å². The molecule has 2 aromatic rings. The third kappa shape index (κ3) is 3.49. The Hall–Kier alpha value is -3.43. The molecule has 6 nitrogen and oxygen atoms in total. The first-order chi connectivity index (χ1) is 14.5. The zero-order chi connectivity index (χ0) is 21.3. The monoisotopic (exact) mass is 400 g/mol. The molecule has 0 aromatic heterocycles. The largest absolute Gasteiger partial charge is 0.366 e. The van der Waals surface area contributed by atoms with Crippen molar-refractivity contribution in [1.29, 1.82) is 5.26 Å². The number of likely N-dealkylation sites (tertiary alicyclic amines) is 1. The fraction of sp³-hybridized carbons (Fsp3) is 0.292. The van der Waals surface area contributed by atoms with Gasteiger partial charge in [-0.05, 0) is 62.8 Å². The first-order valence-electron chi connectivity index (χ1n) is 10.1. The smallest absolute Gasteiger partial charge is 0.282 e. The molecular formula is C24H24N4O2. The van der Waals surface area contributed by atoms with Gasteiger partial charge in [-0.25, -0.2) is 4.90 Å². The highest BCUT2D eigenvalue weighted by Crippen LogP contribution is 2.36. The van der Waals surface area contributed by atoms with E-state index in [2.05, 4.69) is 18.0 Å². The highest BCUT2D eigenvalue weighted by Gasteiger charge is 2.43. The van der Waals surface area contributed by atoms with Crippen LogP contribution in [0.1, 0.15) is 24.0 Å². The predicted molar refractivity (Wildman–Crippen MR) is 115 cm³/mol. The molecule has 0 unspecified atom stereocenters. The highest BCUT2D eigenvalue weighted by atomic mass is 16.2. The van der Waals surface area contributed by atoms with Gasteiger partial charge in [0.25, 0.3) is 11.8 Å². The Morgan fingerprint density at radius 2 is 1.60 bits per heavy atom. The van der Waals surface area contributed by atoms with Crippen LogP contribution in [0.5, 0.6) is 0 Å². The summed E-state index contributed by atoms with van der Waals surface area (Å²) in [4.78, 5) is 32.5. The Morgan fingerprint density at radius 1 is 0.967 bits per heavy atom. The van der Waals surface area contributed by atoms with Crippen LogP contribution in [0.4, 0.5) is 5.69 Å². The van der Waals surface area contributed by atoms with Crippen molar-refractivity contribution in [3.63, 3.8) is 0 Å². The number of likely N-dealkylation sites (N-methyl/N-ethyl adjacent to an activating group) is 1. The van der Waals surface area contributed by atoms with Crippen LogP contribution >= 0.6 is 0 Å². The molecule has 2 aliphatic rings. The van der Waals surface area contributed by atoms with E-state index >= 15 is 0 Å². The second-order valence-corrected chi connectivity index (χ2v) is 7.84. The number of rotatable bonds is 4. The number of carbonyl (C=O) groups excluding carboxylic acids is 2. The topological polar surface area (TPSA) is 67.7 Å². The molecule has 6 heteroatoms. The fourth-order valence-electron chi connectivity index (χ4n) is 4.19. The SMILES string of the molecule is CN1CCC(N(C)C2=C(c3ccccc3)C(=O)N(c3ccc(C#N)cc3)C2=O)CC1. The molecule has 0 spiro atoms. The minimum atomic E-state index is -0.328. The Bertz CT molecular complexity index is 1030. The Morgan fingerprint density at radius 3 is 2.20 bits per heavy atom. The van der Waals surface area contributed by atoms with E-state index in [1.807, 2.05) is 42.3 Å². The summed E-state index contributed by atoms with van der Waals surface area (Å²) in [5, 5.41) is 9.05. The number of amides is 2. The molecule has 0 aliphatic carbocycles. The highest BCUT2D eigenvalue weighted by molar-refractivity contribution is 6.45. The third-order valence-electron chi connectivity index (χ3n) is 5.97. The predicted octanol–water partition coefficient (Wildman–Crippen LogP) is 2.87. The van der Waals surface area contributed by atoms with E-state index in [0.29, 0.717) is 22.5 Å². The first-order valence-corrected chi connectivity index (χ1v) is 10.1. The molecule has 152 valence electrons. The van der Waals surface area contributed by atoms with E-state index in [1.54, 1.807) is 24.3 Å². The van der Waals surface area contributed by atoms with Crippen molar-refractivity contribution in [3.8, 4) is 6.07 Å². The van der Waals surface area contributed by atoms with E-state index < -0.39 is 0 Å². The maximum atomic E-state index is 13.5. The molecule has 0 atom stereocenters. The van der Waals surface area contributed by atoms with Crippen LogP contribution in [-0.2, 0) is 9.59 Å². The fourth-order valence-corrected chi connectivity index (χ4v) is 4.19. The van der Waals surface area contributed by atoms with Gasteiger partial charge in [-0.3, -0.25) is 9.59 Å². The van der Waals surface area contributed by atoms with Crippen LogP contribution in [0.15, 0.2) is 60.3 Å². The molecule has 2 aliphatic heterocycles. The quantitative estimate of drug-likeness (QED) is 0.739. The zero-order valence-electron chi connectivity index (χ0n) is 17.2. The number of imide groups is 1. The van der Waals surface area contributed by atoms with Crippen LogP contribution in [-0.4, -0.2) is 54.8 Å². The van der Waals surface area contributed by atoms with Crippen LogP contribution in [0.2, 0.25) is 0 Å². The van der Waals surface area contributed by atoms with Crippen molar-refractivity contribution in [1.82, 2.24) is 9.80 Å². The molecule has 0 N–H and O–H groups in total. The zero-order valence-corrected chi connectivity index (χ0v) is 17.2. The number of hydrogen-bond acceptors (Lipinski definition) is 5. The Labute approximate surface area is 176 Å². The van der Waals surface area contributed by atoms with Gasteiger partial charge in [-0.15, -0.1) is 0 Å². The molecule has 30 heavy (non-hydrogen) atoms. The van der Waals surface area contributed by atoms with Crippen molar-refractivity contribution in [2.24, 2.45) is 0 Å². The van der Waals surface area contributed by atoms with Crippen molar-refractivity contribution in [2.75, 3.05) is 32.1 Å². The van der Waals surface area contributed by atoms with Gasteiger partial charge in [0.15, 0.2) is 0 Å². The molecule has 1 saturated heterocycles. The third-order valence-corrected chi connectivity index (χ3v) is 5.97. The normalized spacial score (nSPS) is 18.1. The molecule has 1 fully saturated rings. The van der Waals surface area contributed by atoms with Crippen molar-refractivity contribution < 1.29 is 9.59 Å². The van der Waals surface area contributed by atoms with Gasteiger partial charge in [-0.1, -0.05) is 30.3 Å². The summed E-state index contributed by atoms with van der Waals surface area (Å²) in [6.07, 6.45) is 1.88. The standard InChI is InChI=1S/C24H24N4O2/c1-26-14-12-19(13-15-26)27(2)22-21(18-6-4-3-5-7-18)23(29)28(24(22)30)20-10-8-17(16-25)9-11-20/h3-11,19H,12-15H2,1-2H3. The average molecular weight is 400 g/mol. The summed E-state index contributed by atoms with van der Waals surface area (Å²) in [6, 6.07) is 18.2. The van der Waals surface area contributed by atoms with Crippen molar-refractivity contribution in [2.45, 2.75) is 18.9 Å². The first kappa shape index (κ1) is 19.9. The molecule has 2 amide bonds. The van der Waals surface area contributed by atoms with Gasteiger partial charge < -0.3 is 9.80 Å². The van der Waals surface area contributed by atoms with Gasteiger partial charge in [0.1, 0.15) is 5.70 Å². The summed E-state index contributed by atoms with van der Waals surface area (Å²) in [5.74, 6) is -0.643. The van der Waals surface area contributed by atoms with Gasteiger partial charge >= 0.3 is 0 Å². The second kappa shape index (κ2) is 8.13. The lowest BCUT2D eigenvalue weighted by Crippen LogP contribution is -2.43. The number of anilines is 1. The maximum Gasteiger partial charge on any atom is 0.282 e. The maximum absolute atomic E-state index is 13.5. The summed E-state index contributed by atoms with van der Waals surface area (Å²) in [5.41, 5.74) is 2.58. The minimum absolute atomic E-state index is 0.201. The summed E-state index contributed by atoms with van der Waals surface area (Å²) >= 11 is 0. The molecule has 0 bridgehead atoms. The number of piperidine rings is 1. The summed E-state index contributed by atoms with van der Waals surface area (Å²) in [7, 11) is 4.02. The van der Waals surface area contributed by atoms with Crippen molar-refractivity contribution in [3.05, 3.63) is 71.4 Å². The molecule has 4 rings (SSSR count). The molecule has 2 aromatic carbocycles.